The molecule has 5 heteroatoms. The van der Waals surface area contributed by atoms with Gasteiger partial charge in [-0.2, -0.15) is 22.9 Å². The number of hydrogen-bond acceptors (Lipinski definition) is 0. The van der Waals surface area contributed by atoms with Crippen molar-refractivity contribution in [3.63, 3.8) is 0 Å². The van der Waals surface area contributed by atoms with E-state index in [-0.39, 0.29) is 58.9 Å². The molecule has 0 bridgehead atoms. The van der Waals surface area contributed by atoms with Crippen LogP contribution in [0.15, 0.2) is 36.4 Å². The first-order chi connectivity index (χ1) is 8.43. The van der Waals surface area contributed by atoms with Crippen LogP contribution in [-0.2, 0) is 28.1 Å². The van der Waals surface area contributed by atoms with Gasteiger partial charge >= 0.3 is 21.7 Å². The largest absolute Gasteiger partial charge is 4.00 e. The van der Waals surface area contributed by atoms with Gasteiger partial charge in [0.05, 0.1) is 8.07 Å². The van der Waals surface area contributed by atoms with Crippen molar-refractivity contribution in [3.8, 4) is 0 Å². The van der Waals surface area contributed by atoms with Crippen LogP contribution in [0.4, 0.5) is 0 Å². The molecule has 2 rings (SSSR count). The van der Waals surface area contributed by atoms with Crippen molar-refractivity contribution in [2.45, 2.75) is 40.3 Å². The van der Waals surface area contributed by atoms with Crippen LogP contribution in [0, 0.1) is 13.8 Å². The maximum absolute atomic E-state index is 2.45. The van der Waals surface area contributed by atoms with Crippen molar-refractivity contribution >= 4 is 18.4 Å². The normalized spacial score (nSPS) is 9.68. The van der Waals surface area contributed by atoms with Crippen LogP contribution in [-0.4, -0.2) is 8.07 Å². The Kier molecular flexibility index (Phi) is 13.6. The molecule has 120 valence electrons. The molecule has 22 heavy (non-hydrogen) atoms. The minimum Gasteiger partial charge on any atom is -1.00 e. The standard InChI is InChI=1S/C17H23Si.3ClH.Ti/c1-6-15-7-8-16(12-15)18(4,5)17-10-13(2)9-14(3)11-17;;;;/h7-12H,6H2,1-5H3;3*1H;/q-1;;;;+4/p-3. The fourth-order valence-corrected chi connectivity index (χ4v) is 5.16. The number of hydrogen-bond donors (Lipinski definition) is 0. The molecular formula is C17H23Cl3SiTi. The molecule has 0 aliphatic heterocycles. The molecular weight excluding hydrogens is 386 g/mol. The van der Waals surface area contributed by atoms with Gasteiger partial charge in [0, 0.05) is 0 Å². The Morgan fingerprint density at radius 2 is 1.45 bits per heavy atom. The topological polar surface area (TPSA) is 0 Å². The second kappa shape index (κ2) is 11.0. The molecule has 0 fully saturated rings. The second-order valence-electron chi connectivity index (χ2n) is 5.86. The van der Waals surface area contributed by atoms with E-state index in [0.29, 0.717) is 0 Å². The van der Waals surface area contributed by atoms with Crippen LogP contribution in [0.1, 0.15) is 23.6 Å². The van der Waals surface area contributed by atoms with Gasteiger partial charge in [0.2, 0.25) is 0 Å². The minimum atomic E-state index is -1.51. The molecule has 0 N–H and O–H groups in total. The Morgan fingerprint density at radius 3 is 1.86 bits per heavy atom. The molecule has 0 atom stereocenters. The van der Waals surface area contributed by atoms with E-state index in [1.165, 1.54) is 16.7 Å². The zero-order chi connectivity index (χ0) is 13.3. The van der Waals surface area contributed by atoms with E-state index in [1.54, 1.807) is 10.4 Å². The average Bonchev–Trinajstić information content (AvgIpc) is 2.76. The SMILES string of the molecule is CCc1cc[c-]([Si](C)(C)c2cc(C)cc(C)c2)c1.[Cl-].[Cl-].[Cl-].[Ti+4]. The molecule has 2 aromatic rings. The summed E-state index contributed by atoms with van der Waals surface area (Å²) in [4.78, 5) is 0. The van der Waals surface area contributed by atoms with Gasteiger partial charge < -0.3 is 37.2 Å². The third kappa shape index (κ3) is 6.11. The van der Waals surface area contributed by atoms with E-state index in [1.807, 2.05) is 0 Å². The molecule has 0 saturated heterocycles. The Morgan fingerprint density at radius 1 is 0.955 bits per heavy atom. The van der Waals surface area contributed by atoms with Gasteiger partial charge in [-0.1, -0.05) is 61.0 Å². The molecule has 0 spiro atoms. The van der Waals surface area contributed by atoms with Gasteiger partial charge in [-0.15, -0.1) is 0 Å². The smallest absolute Gasteiger partial charge is 1.00 e. The van der Waals surface area contributed by atoms with Crippen LogP contribution in [0.5, 0.6) is 0 Å². The maximum atomic E-state index is 2.45. The molecule has 0 nitrogen and oxygen atoms in total. The first-order valence-electron chi connectivity index (χ1n) is 6.78. The molecule has 0 aliphatic carbocycles. The van der Waals surface area contributed by atoms with E-state index in [4.69, 9.17) is 0 Å². The van der Waals surface area contributed by atoms with Crippen molar-refractivity contribution < 1.29 is 58.9 Å². The van der Waals surface area contributed by atoms with E-state index < -0.39 is 8.07 Å². The summed E-state index contributed by atoms with van der Waals surface area (Å²) in [7, 11) is -1.51. The van der Waals surface area contributed by atoms with E-state index in [9.17, 15) is 0 Å². The summed E-state index contributed by atoms with van der Waals surface area (Å²) < 4.78 is 0. The number of halogens is 3. The minimum absolute atomic E-state index is 0. The molecule has 0 radical (unpaired) electrons. The molecule has 0 unspecified atom stereocenters. The number of aryl methyl sites for hydroxylation is 3. The molecule has 0 heterocycles. The summed E-state index contributed by atoms with van der Waals surface area (Å²) in [6.45, 7) is 11.5. The molecule has 2 aromatic carbocycles. The summed E-state index contributed by atoms with van der Waals surface area (Å²) in [6, 6.07) is 14.0. The van der Waals surface area contributed by atoms with Gasteiger partial charge in [-0.25, -0.2) is 6.07 Å². The van der Waals surface area contributed by atoms with Gasteiger partial charge in [0.25, 0.3) is 0 Å². The summed E-state index contributed by atoms with van der Waals surface area (Å²) in [6.07, 6.45) is 1.14. The summed E-state index contributed by atoms with van der Waals surface area (Å²) in [5.41, 5.74) is 4.23. The predicted molar refractivity (Wildman–Crippen MR) is 84.1 cm³/mol. The zero-order valence-corrected chi connectivity index (χ0v) is 18.6. The first kappa shape index (κ1) is 27.2. The van der Waals surface area contributed by atoms with E-state index in [2.05, 4.69) is 70.3 Å². The average molecular weight is 410 g/mol. The van der Waals surface area contributed by atoms with Crippen LogP contribution in [0.25, 0.3) is 0 Å². The van der Waals surface area contributed by atoms with Gasteiger partial charge in [0.15, 0.2) is 0 Å². The first-order valence-corrected chi connectivity index (χ1v) is 9.78. The number of benzene rings is 1. The Labute approximate surface area is 170 Å². The van der Waals surface area contributed by atoms with E-state index in [0.717, 1.165) is 6.42 Å². The quantitative estimate of drug-likeness (QED) is 0.350. The molecule has 0 amide bonds. The zero-order valence-electron chi connectivity index (χ0n) is 13.8. The molecule has 0 aromatic heterocycles. The van der Waals surface area contributed by atoms with Crippen LogP contribution < -0.4 is 47.6 Å². The Balaban J connectivity index is -0.000000902. The maximum Gasteiger partial charge on any atom is 4.00 e. The molecule has 0 saturated carbocycles. The van der Waals surface area contributed by atoms with E-state index >= 15 is 0 Å². The van der Waals surface area contributed by atoms with Crippen molar-refractivity contribution in [3.05, 3.63) is 53.1 Å². The number of rotatable bonds is 3. The van der Waals surface area contributed by atoms with Crippen molar-refractivity contribution in [1.29, 1.82) is 0 Å². The van der Waals surface area contributed by atoms with Gasteiger partial charge in [-0.05, 0) is 13.8 Å². The van der Waals surface area contributed by atoms with Gasteiger partial charge in [-0.3, -0.25) is 0 Å². The third-order valence-corrected chi connectivity index (χ3v) is 7.38. The van der Waals surface area contributed by atoms with Crippen molar-refractivity contribution in [2.24, 2.45) is 0 Å². The van der Waals surface area contributed by atoms with Crippen molar-refractivity contribution in [1.82, 2.24) is 0 Å². The van der Waals surface area contributed by atoms with Crippen molar-refractivity contribution in [2.75, 3.05) is 0 Å². The monoisotopic (exact) mass is 408 g/mol. The Hall–Kier alpha value is 0.371. The molecule has 0 aliphatic rings. The summed E-state index contributed by atoms with van der Waals surface area (Å²) in [5.74, 6) is 0. The Bertz CT molecular complexity index is 545. The third-order valence-electron chi connectivity index (χ3n) is 3.89. The summed E-state index contributed by atoms with van der Waals surface area (Å²) in [5, 5.41) is 3.11. The predicted octanol–water partition coefficient (Wildman–Crippen LogP) is -5.58. The van der Waals surface area contributed by atoms with Crippen LogP contribution >= 0.6 is 0 Å². The fraction of sp³-hybridized carbons (Fsp3) is 0.353. The van der Waals surface area contributed by atoms with Crippen LogP contribution in [0.2, 0.25) is 13.1 Å². The second-order valence-corrected chi connectivity index (χ2v) is 10.3. The summed E-state index contributed by atoms with van der Waals surface area (Å²) >= 11 is 0. The van der Waals surface area contributed by atoms with Gasteiger partial charge in [0.1, 0.15) is 0 Å². The van der Waals surface area contributed by atoms with Crippen LogP contribution in [0.3, 0.4) is 0 Å². The fourth-order valence-electron chi connectivity index (χ4n) is 2.60.